The second-order valence-electron chi connectivity index (χ2n) is 6.78. The van der Waals surface area contributed by atoms with Crippen LogP contribution in [-0.2, 0) is 9.59 Å². The molecule has 0 fully saturated rings. The molecule has 2 aromatic rings. The lowest BCUT2D eigenvalue weighted by molar-refractivity contribution is -0.117. The Labute approximate surface area is 167 Å². The third-order valence-electron chi connectivity index (χ3n) is 4.21. The molecule has 2 aromatic carbocycles. The Hall–Kier alpha value is -3.14. The van der Waals surface area contributed by atoms with Gasteiger partial charge in [-0.1, -0.05) is 59.7 Å². The Morgan fingerprint density at radius 3 is 1.39 bits per heavy atom. The van der Waals surface area contributed by atoms with Gasteiger partial charge in [0.05, 0.1) is 0 Å². The van der Waals surface area contributed by atoms with E-state index in [4.69, 9.17) is 0 Å². The minimum atomic E-state index is -0.106. The van der Waals surface area contributed by atoms with E-state index < -0.39 is 0 Å². The molecule has 4 nitrogen and oxygen atoms in total. The highest BCUT2D eigenvalue weighted by atomic mass is 16.2. The molecule has 0 spiro atoms. The topological polar surface area (TPSA) is 58.2 Å². The number of unbranched alkanes of at least 4 members (excludes halogenated alkanes) is 1. The first kappa shape index (κ1) is 21.2. The van der Waals surface area contributed by atoms with Gasteiger partial charge in [0.25, 0.3) is 0 Å². The molecule has 0 aliphatic rings. The van der Waals surface area contributed by atoms with Gasteiger partial charge in [0.1, 0.15) is 0 Å². The molecule has 0 heterocycles. The minimum Gasteiger partial charge on any atom is -0.353 e. The zero-order valence-electron chi connectivity index (χ0n) is 16.6. The molecular weight excluding hydrogens is 348 g/mol. The van der Waals surface area contributed by atoms with Gasteiger partial charge in [-0.05, 0) is 50.0 Å². The number of hydrogen-bond donors (Lipinski definition) is 2. The molecule has 0 aliphatic carbocycles. The number of carbonyl (C=O) groups excluding carboxylic acids is 2. The van der Waals surface area contributed by atoms with Gasteiger partial charge in [-0.25, -0.2) is 0 Å². The Kier molecular flexibility index (Phi) is 8.73. The maximum absolute atomic E-state index is 11.8. The maximum atomic E-state index is 11.8. The summed E-state index contributed by atoms with van der Waals surface area (Å²) >= 11 is 0. The summed E-state index contributed by atoms with van der Waals surface area (Å²) < 4.78 is 0. The van der Waals surface area contributed by atoms with E-state index in [1.54, 1.807) is 24.3 Å². The van der Waals surface area contributed by atoms with E-state index in [9.17, 15) is 9.59 Å². The highest BCUT2D eigenvalue weighted by Crippen LogP contribution is 2.05. The summed E-state index contributed by atoms with van der Waals surface area (Å²) in [6.07, 6.45) is 8.31. The van der Waals surface area contributed by atoms with Crippen molar-refractivity contribution in [1.29, 1.82) is 0 Å². The van der Waals surface area contributed by atoms with Crippen molar-refractivity contribution in [3.05, 3.63) is 82.9 Å². The van der Waals surface area contributed by atoms with E-state index in [-0.39, 0.29) is 11.8 Å². The summed E-state index contributed by atoms with van der Waals surface area (Å²) in [5.74, 6) is -0.212. The minimum absolute atomic E-state index is 0.106. The number of rotatable bonds is 9. The Balaban J connectivity index is 1.56. The van der Waals surface area contributed by atoms with E-state index in [2.05, 4.69) is 10.6 Å². The van der Waals surface area contributed by atoms with Crippen LogP contribution in [0.2, 0.25) is 0 Å². The van der Waals surface area contributed by atoms with Gasteiger partial charge in [0.2, 0.25) is 11.8 Å². The van der Waals surface area contributed by atoms with Gasteiger partial charge >= 0.3 is 0 Å². The zero-order chi connectivity index (χ0) is 20.2. The van der Waals surface area contributed by atoms with Crippen LogP contribution < -0.4 is 10.6 Å². The summed E-state index contributed by atoms with van der Waals surface area (Å²) in [6.45, 7) is 5.24. The normalized spacial score (nSPS) is 11.1. The predicted molar refractivity (Wildman–Crippen MR) is 116 cm³/mol. The van der Waals surface area contributed by atoms with Crippen LogP contribution in [0.25, 0.3) is 12.2 Å². The van der Waals surface area contributed by atoms with Crippen LogP contribution in [0.4, 0.5) is 0 Å². The Bertz CT molecular complexity index is 747. The molecule has 2 rings (SSSR count). The van der Waals surface area contributed by atoms with E-state index in [1.807, 2.05) is 62.4 Å². The zero-order valence-corrected chi connectivity index (χ0v) is 16.6. The van der Waals surface area contributed by atoms with Crippen molar-refractivity contribution in [3.8, 4) is 0 Å². The number of carbonyl (C=O) groups is 2. The van der Waals surface area contributed by atoms with Crippen LogP contribution in [0.1, 0.15) is 35.1 Å². The van der Waals surface area contributed by atoms with Gasteiger partial charge in [-0.15, -0.1) is 0 Å². The first-order valence-electron chi connectivity index (χ1n) is 9.58. The smallest absolute Gasteiger partial charge is 0.243 e. The predicted octanol–water partition coefficient (Wildman–Crippen LogP) is 4.04. The van der Waals surface area contributed by atoms with Crippen molar-refractivity contribution in [3.63, 3.8) is 0 Å². The highest BCUT2D eigenvalue weighted by Gasteiger charge is 1.97. The average molecular weight is 377 g/mol. The molecule has 0 saturated heterocycles. The SMILES string of the molecule is Cc1ccc(/C=C\C(=O)NCCCCNC(=O)/C=C\c2ccc(C)cc2)cc1. The van der Waals surface area contributed by atoms with Gasteiger partial charge in [-0.2, -0.15) is 0 Å². The largest absolute Gasteiger partial charge is 0.353 e. The summed E-state index contributed by atoms with van der Waals surface area (Å²) in [4.78, 5) is 23.6. The first-order chi connectivity index (χ1) is 13.5. The summed E-state index contributed by atoms with van der Waals surface area (Å²) in [5, 5.41) is 5.70. The number of amides is 2. The molecular formula is C24H28N2O2. The first-order valence-corrected chi connectivity index (χ1v) is 9.58. The number of benzene rings is 2. The van der Waals surface area contributed by atoms with Crippen molar-refractivity contribution >= 4 is 24.0 Å². The summed E-state index contributed by atoms with van der Waals surface area (Å²) in [5.41, 5.74) is 4.39. The van der Waals surface area contributed by atoms with Gasteiger partial charge < -0.3 is 10.6 Å². The summed E-state index contributed by atoms with van der Waals surface area (Å²) in [6, 6.07) is 16.0. The van der Waals surface area contributed by atoms with Crippen LogP contribution in [0.15, 0.2) is 60.7 Å². The molecule has 2 amide bonds. The van der Waals surface area contributed by atoms with Gasteiger partial charge in [0, 0.05) is 25.2 Å². The monoisotopic (exact) mass is 376 g/mol. The van der Waals surface area contributed by atoms with Crippen molar-refractivity contribution < 1.29 is 9.59 Å². The van der Waals surface area contributed by atoms with E-state index >= 15 is 0 Å². The lowest BCUT2D eigenvalue weighted by Crippen LogP contribution is -2.25. The molecule has 0 unspecified atom stereocenters. The fourth-order valence-corrected chi connectivity index (χ4v) is 2.49. The Morgan fingerprint density at radius 1 is 0.679 bits per heavy atom. The van der Waals surface area contributed by atoms with E-state index in [0.29, 0.717) is 13.1 Å². The third-order valence-corrected chi connectivity index (χ3v) is 4.21. The molecule has 146 valence electrons. The highest BCUT2D eigenvalue weighted by molar-refractivity contribution is 5.92. The van der Waals surface area contributed by atoms with E-state index in [0.717, 1.165) is 24.0 Å². The van der Waals surface area contributed by atoms with Crippen molar-refractivity contribution in [2.24, 2.45) is 0 Å². The van der Waals surface area contributed by atoms with E-state index in [1.165, 1.54) is 11.1 Å². The molecule has 28 heavy (non-hydrogen) atoms. The molecule has 0 bridgehead atoms. The van der Waals surface area contributed by atoms with Crippen LogP contribution in [0.3, 0.4) is 0 Å². The second kappa shape index (κ2) is 11.5. The lowest BCUT2D eigenvalue weighted by Gasteiger charge is -2.04. The van der Waals surface area contributed by atoms with Crippen LogP contribution in [0.5, 0.6) is 0 Å². The molecule has 0 atom stereocenters. The van der Waals surface area contributed by atoms with Crippen LogP contribution in [-0.4, -0.2) is 24.9 Å². The molecule has 0 aliphatic heterocycles. The third kappa shape index (κ3) is 8.49. The van der Waals surface area contributed by atoms with Gasteiger partial charge in [-0.3, -0.25) is 9.59 Å². The number of hydrogen-bond acceptors (Lipinski definition) is 2. The maximum Gasteiger partial charge on any atom is 0.243 e. The fourth-order valence-electron chi connectivity index (χ4n) is 2.49. The molecule has 4 heteroatoms. The summed E-state index contributed by atoms with van der Waals surface area (Å²) in [7, 11) is 0. The van der Waals surface area contributed by atoms with Crippen LogP contribution in [0, 0.1) is 13.8 Å². The fraction of sp³-hybridized carbons (Fsp3) is 0.250. The number of nitrogens with one attached hydrogen (secondary N) is 2. The molecule has 0 aromatic heterocycles. The number of aryl methyl sites for hydroxylation is 2. The Morgan fingerprint density at radius 2 is 1.04 bits per heavy atom. The lowest BCUT2D eigenvalue weighted by atomic mass is 10.1. The van der Waals surface area contributed by atoms with Gasteiger partial charge in [0.15, 0.2) is 0 Å². The average Bonchev–Trinajstić information content (AvgIpc) is 2.69. The quantitative estimate of drug-likeness (QED) is 0.512. The molecule has 0 radical (unpaired) electrons. The van der Waals surface area contributed by atoms with Crippen molar-refractivity contribution in [2.45, 2.75) is 26.7 Å². The second-order valence-corrected chi connectivity index (χ2v) is 6.78. The van der Waals surface area contributed by atoms with Crippen LogP contribution >= 0.6 is 0 Å². The van der Waals surface area contributed by atoms with Crippen molar-refractivity contribution in [2.75, 3.05) is 13.1 Å². The molecule has 0 saturated carbocycles. The standard InChI is InChI=1S/C24H28N2O2/c1-19-5-9-21(10-6-19)13-15-23(27)25-17-3-4-18-26-24(28)16-14-22-11-7-20(2)8-12-22/h5-16H,3-4,17-18H2,1-2H3,(H,25,27)(H,26,28)/b15-13-,16-14-. The molecule has 2 N–H and O–H groups in total. The van der Waals surface area contributed by atoms with Crippen molar-refractivity contribution in [1.82, 2.24) is 10.6 Å².